The van der Waals surface area contributed by atoms with E-state index in [0.717, 1.165) is 51.2 Å². The predicted octanol–water partition coefficient (Wildman–Crippen LogP) is 4.99. The molecule has 2 aliphatic heterocycles. The summed E-state index contributed by atoms with van der Waals surface area (Å²) in [7, 11) is 0. The average molecular weight is 465 g/mol. The fourth-order valence-corrected chi connectivity index (χ4v) is 7.25. The van der Waals surface area contributed by atoms with Crippen LogP contribution in [0.5, 0.6) is 0 Å². The minimum absolute atomic E-state index is 0.0114. The highest BCUT2D eigenvalue weighted by atomic mass is 16.6. The zero-order valence-electron chi connectivity index (χ0n) is 21.4. The van der Waals surface area contributed by atoms with Crippen molar-refractivity contribution in [1.82, 2.24) is 9.80 Å². The first kappa shape index (κ1) is 23.5. The van der Waals surface area contributed by atoms with Gasteiger partial charge in [0.2, 0.25) is 0 Å². The van der Waals surface area contributed by atoms with E-state index in [1.807, 2.05) is 12.2 Å². The first-order chi connectivity index (χ1) is 16.4. The minimum atomic E-state index is -0.659. The van der Waals surface area contributed by atoms with Crippen LogP contribution in [0.4, 0.5) is 0 Å². The van der Waals surface area contributed by atoms with Crippen LogP contribution >= 0.6 is 0 Å². The molecule has 0 N–H and O–H groups in total. The molecule has 0 amide bonds. The number of likely N-dealkylation sites (N-methyl/N-ethyl adjacent to an activating group) is 1. The van der Waals surface area contributed by atoms with Gasteiger partial charge in [0, 0.05) is 42.2 Å². The Bertz CT molecular complexity index is 983. The van der Waals surface area contributed by atoms with Gasteiger partial charge in [-0.2, -0.15) is 0 Å². The molecule has 5 aliphatic rings. The molecule has 0 saturated carbocycles. The second-order valence-corrected chi connectivity index (χ2v) is 10.5. The maximum absolute atomic E-state index is 13.2. The van der Waals surface area contributed by atoms with Crippen molar-refractivity contribution in [3.05, 3.63) is 59.6 Å². The summed E-state index contributed by atoms with van der Waals surface area (Å²) in [6, 6.07) is 0. The SMILES string of the molecule is CCN(CC)C1=CC2OC3=C(CCC(C)(N(CC)CC)C3)C3(OC(=O)C4C=CC=CC43)C2C=C1. The van der Waals surface area contributed by atoms with Gasteiger partial charge in [0.1, 0.15) is 11.9 Å². The molecule has 0 aromatic heterocycles. The van der Waals surface area contributed by atoms with Gasteiger partial charge in [0.05, 0.1) is 11.8 Å². The van der Waals surface area contributed by atoms with Crippen molar-refractivity contribution in [3.8, 4) is 0 Å². The van der Waals surface area contributed by atoms with Crippen LogP contribution in [-0.2, 0) is 14.3 Å². The standard InChI is InChI=1S/C29H40N2O3/c1-6-30(7-2)20-14-15-23-25(18-20)33-26-19-28(5,31(8-3)9-4)17-16-24(26)29(23)22-13-11-10-12-21(22)27(32)34-29/h10-15,18,21-23,25H,6-9,16-17,19H2,1-5H3. The number of carbonyl (C=O) groups excluding carboxylic acids is 1. The van der Waals surface area contributed by atoms with E-state index in [-0.39, 0.29) is 35.4 Å². The van der Waals surface area contributed by atoms with E-state index in [0.29, 0.717) is 0 Å². The lowest BCUT2D eigenvalue weighted by Gasteiger charge is -2.53. The minimum Gasteiger partial charge on any atom is -0.490 e. The summed E-state index contributed by atoms with van der Waals surface area (Å²) in [6.07, 6.45) is 17.7. The third-order valence-electron chi connectivity index (χ3n) is 9.03. The topological polar surface area (TPSA) is 42.0 Å². The van der Waals surface area contributed by atoms with Crippen LogP contribution in [0.1, 0.15) is 53.9 Å². The summed E-state index contributed by atoms with van der Waals surface area (Å²) in [5.41, 5.74) is 1.82. The normalized spacial score (nSPS) is 37.8. The second-order valence-electron chi connectivity index (χ2n) is 10.5. The van der Waals surface area contributed by atoms with E-state index in [9.17, 15) is 4.79 Å². The molecule has 5 heteroatoms. The maximum Gasteiger partial charge on any atom is 0.314 e. The quantitative estimate of drug-likeness (QED) is 0.518. The van der Waals surface area contributed by atoms with Crippen molar-refractivity contribution in [2.24, 2.45) is 17.8 Å². The third-order valence-corrected chi connectivity index (χ3v) is 9.03. The van der Waals surface area contributed by atoms with Gasteiger partial charge in [-0.25, -0.2) is 0 Å². The van der Waals surface area contributed by atoms with E-state index in [1.165, 1.54) is 11.3 Å². The summed E-state index contributed by atoms with van der Waals surface area (Å²) in [5.74, 6) is 0.747. The van der Waals surface area contributed by atoms with E-state index in [4.69, 9.17) is 9.47 Å². The molecule has 0 radical (unpaired) electrons. The van der Waals surface area contributed by atoms with E-state index >= 15 is 0 Å². The Hall–Kier alpha value is -2.27. The van der Waals surface area contributed by atoms with E-state index in [2.05, 4.69) is 74.8 Å². The number of hydrogen-bond donors (Lipinski definition) is 0. The molecule has 0 aromatic rings. The van der Waals surface area contributed by atoms with Gasteiger partial charge < -0.3 is 14.4 Å². The Morgan fingerprint density at radius 2 is 1.74 bits per heavy atom. The van der Waals surface area contributed by atoms with Crippen LogP contribution in [-0.4, -0.2) is 59.2 Å². The molecule has 0 bridgehead atoms. The Morgan fingerprint density at radius 3 is 2.44 bits per heavy atom. The number of esters is 1. The fourth-order valence-electron chi connectivity index (χ4n) is 7.25. The largest absolute Gasteiger partial charge is 0.490 e. The van der Waals surface area contributed by atoms with E-state index < -0.39 is 5.60 Å². The lowest BCUT2D eigenvalue weighted by molar-refractivity contribution is -0.156. The summed E-state index contributed by atoms with van der Waals surface area (Å²) in [6.45, 7) is 15.2. The number of rotatable bonds is 6. The lowest BCUT2D eigenvalue weighted by atomic mass is 9.61. The van der Waals surface area contributed by atoms with Crippen LogP contribution in [0.25, 0.3) is 0 Å². The molecule has 5 nitrogen and oxygen atoms in total. The molecule has 0 aromatic carbocycles. The molecule has 1 spiro atoms. The summed E-state index contributed by atoms with van der Waals surface area (Å²) < 4.78 is 13.4. The Kier molecular flexibility index (Phi) is 6.04. The van der Waals surface area contributed by atoms with Crippen LogP contribution < -0.4 is 0 Å². The molecule has 6 unspecified atom stereocenters. The highest BCUT2D eigenvalue weighted by Crippen LogP contribution is 2.59. The van der Waals surface area contributed by atoms with Crippen LogP contribution in [0.2, 0.25) is 0 Å². The van der Waals surface area contributed by atoms with Crippen molar-refractivity contribution in [3.63, 3.8) is 0 Å². The monoisotopic (exact) mass is 464 g/mol. The predicted molar refractivity (Wildman–Crippen MR) is 135 cm³/mol. The van der Waals surface area contributed by atoms with Gasteiger partial charge in [-0.1, -0.05) is 44.2 Å². The van der Waals surface area contributed by atoms with Crippen molar-refractivity contribution in [2.75, 3.05) is 26.2 Å². The zero-order chi connectivity index (χ0) is 24.1. The van der Waals surface area contributed by atoms with Gasteiger partial charge in [0.25, 0.3) is 0 Å². The molecule has 1 saturated heterocycles. The van der Waals surface area contributed by atoms with Gasteiger partial charge in [-0.3, -0.25) is 9.69 Å². The highest BCUT2D eigenvalue weighted by molar-refractivity contribution is 5.80. The second kappa shape index (κ2) is 8.75. The molecular formula is C29H40N2O3. The number of ether oxygens (including phenoxy) is 2. The third kappa shape index (κ3) is 3.34. The van der Waals surface area contributed by atoms with Gasteiger partial charge in [-0.15, -0.1) is 0 Å². The van der Waals surface area contributed by atoms with Gasteiger partial charge in [-0.05, 0) is 58.9 Å². The smallest absolute Gasteiger partial charge is 0.314 e. The molecule has 6 atom stereocenters. The number of nitrogens with zero attached hydrogens (tertiary/aromatic N) is 2. The van der Waals surface area contributed by atoms with Gasteiger partial charge >= 0.3 is 5.97 Å². The Labute approximate surface area is 204 Å². The van der Waals surface area contributed by atoms with Crippen LogP contribution in [0, 0.1) is 17.8 Å². The first-order valence-electron chi connectivity index (χ1n) is 13.3. The molecule has 184 valence electrons. The van der Waals surface area contributed by atoms with E-state index in [1.54, 1.807) is 0 Å². The molecule has 2 heterocycles. The number of hydrogen-bond acceptors (Lipinski definition) is 5. The summed E-state index contributed by atoms with van der Waals surface area (Å²) in [4.78, 5) is 18.1. The summed E-state index contributed by atoms with van der Waals surface area (Å²) in [5, 5.41) is 0. The van der Waals surface area contributed by atoms with Crippen molar-refractivity contribution in [1.29, 1.82) is 0 Å². The van der Waals surface area contributed by atoms with Crippen molar-refractivity contribution in [2.45, 2.75) is 71.1 Å². The number of carbonyl (C=O) groups is 1. The Balaban J connectivity index is 1.62. The van der Waals surface area contributed by atoms with Crippen molar-refractivity contribution < 1.29 is 14.3 Å². The Morgan fingerprint density at radius 1 is 1.00 bits per heavy atom. The van der Waals surface area contributed by atoms with Crippen molar-refractivity contribution >= 4 is 5.97 Å². The zero-order valence-corrected chi connectivity index (χ0v) is 21.4. The molecule has 34 heavy (non-hydrogen) atoms. The number of allylic oxidation sites excluding steroid dienone is 3. The fraction of sp³-hybridized carbons (Fsp3) is 0.621. The molecule has 3 aliphatic carbocycles. The first-order valence-corrected chi connectivity index (χ1v) is 13.3. The molecule has 1 fully saturated rings. The number of fused-ring (bicyclic) bond motifs is 5. The summed E-state index contributed by atoms with van der Waals surface area (Å²) >= 11 is 0. The van der Waals surface area contributed by atoms with Crippen LogP contribution in [0.15, 0.2) is 59.6 Å². The molecular weight excluding hydrogens is 424 g/mol. The average Bonchev–Trinajstić information content (AvgIpc) is 3.13. The van der Waals surface area contributed by atoms with Crippen LogP contribution in [0.3, 0.4) is 0 Å². The van der Waals surface area contributed by atoms with Gasteiger partial charge in [0.15, 0.2) is 5.60 Å². The maximum atomic E-state index is 13.2. The highest BCUT2D eigenvalue weighted by Gasteiger charge is 2.65. The molecule has 5 rings (SSSR count). The lowest BCUT2D eigenvalue weighted by Crippen LogP contribution is -2.57.